The van der Waals surface area contributed by atoms with E-state index in [4.69, 9.17) is 0 Å². The fourth-order valence-electron chi connectivity index (χ4n) is 2.33. The Labute approximate surface area is 121 Å². The molecule has 2 rings (SSSR count). The van der Waals surface area contributed by atoms with Gasteiger partial charge in [0.25, 0.3) is 0 Å². The summed E-state index contributed by atoms with van der Waals surface area (Å²) in [6, 6.07) is 0.446. The van der Waals surface area contributed by atoms with E-state index in [-0.39, 0.29) is 23.3 Å². The maximum atomic E-state index is 11.9. The number of sulfone groups is 1. The number of hydrogen-bond donors (Lipinski definition) is 2. The molecule has 0 amide bonds. The summed E-state index contributed by atoms with van der Waals surface area (Å²) in [6.07, 6.45) is 4.76. The van der Waals surface area contributed by atoms with E-state index < -0.39 is 19.9 Å². The van der Waals surface area contributed by atoms with E-state index in [1.807, 2.05) is 0 Å². The van der Waals surface area contributed by atoms with Crippen molar-refractivity contribution in [3.8, 4) is 0 Å². The van der Waals surface area contributed by atoms with Gasteiger partial charge in [-0.3, -0.25) is 0 Å². The van der Waals surface area contributed by atoms with E-state index in [0.717, 1.165) is 13.0 Å². The molecule has 2 fully saturated rings. The van der Waals surface area contributed by atoms with Crippen molar-refractivity contribution in [2.45, 2.75) is 50.6 Å². The lowest BCUT2D eigenvalue weighted by atomic mass is 10.2. The van der Waals surface area contributed by atoms with Gasteiger partial charge in [-0.15, -0.1) is 0 Å². The lowest BCUT2D eigenvalue weighted by molar-refractivity contribution is 0.503. The average Bonchev–Trinajstić information content (AvgIpc) is 3.15. The molecule has 0 aromatic rings. The zero-order valence-electron chi connectivity index (χ0n) is 11.7. The number of hydrogen-bond acceptors (Lipinski definition) is 5. The van der Waals surface area contributed by atoms with Gasteiger partial charge in [0, 0.05) is 12.1 Å². The van der Waals surface area contributed by atoms with Crippen LogP contribution in [-0.2, 0) is 19.9 Å². The Hall–Kier alpha value is -0.180. The minimum absolute atomic E-state index is 0.0888. The average molecular weight is 324 g/mol. The zero-order valence-corrected chi connectivity index (χ0v) is 13.3. The van der Waals surface area contributed by atoms with Crippen LogP contribution < -0.4 is 10.0 Å². The Kier molecular flexibility index (Phi) is 5.44. The fourth-order valence-corrected chi connectivity index (χ4v) is 5.27. The monoisotopic (exact) mass is 324 g/mol. The van der Waals surface area contributed by atoms with Crippen LogP contribution >= 0.6 is 0 Å². The molecule has 0 unspecified atom stereocenters. The highest BCUT2D eigenvalue weighted by atomic mass is 32.2. The lowest BCUT2D eigenvalue weighted by Gasteiger charge is -2.22. The molecule has 0 atom stereocenters. The topological polar surface area (TPSA) is 92.3 Å². The lowest BCUT2D eigenvalue weighted by Crippen LogP contribution is -2.41. The van der Waals surface area contributed by atoms with Crippen LogP contribution in [-0.4, -0.2) is 52.7 Å². The third-order valence-electron chi connectivity index (χ3n) is 3.75. The molecule has 118 valence electrons. The summed E-state index contributed by atoms with van der Waals surface area (Å²) in [4.78, 5) is 0. The van der Waals surface area contributed by atoms with E-state index >= 15 is 0 Å². The van der Waals surface area contributed by atoms with Crippen LogP contribution in [0.2, 0.25) is 0 Å². The normalized spacial score (nSPS) is 23.8. The van der Waals surface area contributed by atoms with Crippen LogP contribution in [0.1, 0.15) is 38.5 Å². The molecule has 1 aliphatic carbocycles. The standard InChI is InChI=1S/C12H24N2O4S2/c15-19(16)9-5-12(6-10-19)14-20(17,18)8-2-1-7-13-11-3-4-11/h11-14H,1-10H2. The highest BCUT2D eigenvalue weighted by Gasteiger charge is 2.26. The van der Waals surface area contributed by atoms with Crippen LogP contribution in [0.15, 0.2) is 0 Å². The van der Waals surface area contributed by atoms with Gasteiger partial charge in [0.2, 0.25) is 10.0 Å². The first kappa shape index (κ1) is 16.2. The minimum atomic E-state index is -3.28. The van der Waals surface area contributed by atoms with Crippen LogP contribution in [0, 0.1) is 0 Å². The number of nitrogens with one attached hydrogen (secondary N) is 2. The molecule has 1 saturated carbocycles. The highest BCUT2D eigenvalue weighted by molar-refractivity contribution is 7.91. The first-order chi connectivity index (χ1) is 9.36. The maximum Gasteiger partial charge on any atom is 0.211 e. The summed E-state index contributed by atoms with van der Waals surface area (Å²) in [6.45, 7) is 0.877. The van der Waals surface area contributed by atoms with Crippen molar-refractivity contribution < 1.29 is 16.8 Å². The van der Waals surface area contributed by atoms with Crippen molar-refractivity contribution >= 4 is 19.9 Å². The summed E-state index contributed by atoms with van der Waals surface area (Å²) >= 11 is 0. The summed E-state index contributed by atoms with van der Waals surface area (Å²) in [5.41, 5.74) is 0. The van der Waals surface area contributed by atoms with E-state index in [1.54, 1.807) is 0 Å². The molecule has 0 aromatic carbocycles. The van der Waals surface area contributed by atoms with Gasteiger partial charge in [-0.25, -0.2) is 21.6 Å². The molecule has 1 saturated heterocycles. The molecule has 0 radical (unpaired) electrons. The first-order valence-corrected chi connectivity index (χ1v) is 10.8. The predicted molar refractivity (Wildman–Crippen MR) is 78.9 cm³/mol. The molecule has 0 spiro atoms. The van der Waals surface area contributed by atoms with Crippen LogP contribution in [0.5, 0.6) is 0 Å². The van der Waals surface area contributed by atoms with Gasteiger partial charge in [-0.1, -0.05) is 0 Å². The molecular weight excluding hydrogens is 300 g/mol. The second-order valence-corrected chi connectivity index (χ2v) is 9.98. The van der Waals surface area contributed by atoms with Crippen molar-refractivity contribution in [3.05, 3.63) is 0 Å². The van der Waals surface area contributed by atoms with Gasteiger partial charge in [0.1, 0.15) is 9.84 Å². The van der Waals surface area contributed by atoms with Crippen molar-refractivity contribution in [3.63, 3.8) is 0 Å². The summed E-state index contributed by atoms with van der Waals surface area (Å²) in [5.74, 6) is 0.305. The largest absolute Gasteiger partial charge is 0.314 e. The molecule has 2 N–H and O–H groups in total. The highest BCUT2D eigenvalue weighted by Crippen LogP contribution is 2.18. The molecule has 1 aliphatic heterocycles. The zero-order chi connectivity index (χ0) is 14.6. The molecule has 1 heterocycles. The molecule has 6 nitrogen and oxygen atoms in total. The van der Waals surface area contributed by atoms with E-state index in [2.05, 4.69) is 10.0 Å². The Morgan fingerprint density at radius 1 is 0.950 bits per heavy atom. The molecule has 8 heteroatoms. The number of rotatable bonds is 8. The van der Waals surface area contributed by atoms with Crippen LogP contribution in [0.3, 0.4) is 0 Å². The molecule has 0 bridgehead atoms. The van der Waals surface area contributed by atoms with Crippen molar-refractivity contribution in [2.24, 2.45) is 0 Å². The van der Waals surface area contributed by atoms with Crippen molar-refractivity contribution in [1.29, 1.82) is 0 Å². The second-order valence-electron chi connectivity index (χ2n) is 5.80. The fraction of sp³-hybridized carbons (Fsp3) is 1.00. The summed E-state index contributed by atoms with van der Waals surface area (Å²) < 4.78 is 49.0. The van der Waals surface area contributed by atoms with Gasteiger partial charge in [0.05, 0.1) is 17.3 Å². The molecule has 20 heavy (non-hydrogen) atoms. The Bertz CT molecular complexity index is 498. The van der Waals surface area contributed by atoms with Crippen LogP contribution in [0.25, 0.3) is 0 Å². The quantitative estimate of drug-likeness (QED) is 0.614. The Morgan fingerprint density at radius 2 is 1.60 bits per heavy atom. The molecule has 0 aromatic heterocycles. The van der Waals surface area contributed by atoms with Crippen molar-refractivity contribution in [2.75, 3.05) is 23.8 Å². The Morgan fingerprint density at radius 3 is 2.20 bits per heavy atom. The summed E-state index contributed by atoms with van der Waals surface area (Å²) in [5, 5.41) is 3.35. The van der Waals surface area contributed by atoms with E-state index in [0.29, 0.717) is 25.3 Å². The van der Waals surface area contributed by atoms with Gasteiger partial charge in [-0.05, 0) is 45.1 Å². The first-order valence-electron chi connectivity index (χ1n) is 7.30. The molecule has 2 aliphatic rings. The van der Waals surface area contributed by atoms with Crippen molar-refractivity contribution in [1.82, 2.24) is 10.0 Å². The SMILES string of the molecule is O=S1(=O)CCC(NS(=O)(=O)CCCCNC2CC2)CC1. The van der Waals surface area contributed by atoms with Crippen LogP contribution in [0.4, 0.5) is 0 Å². The van der Waals surface area contributed by atoms with Gasteiger partial charge < -0.3 is 5.32 Å². The maximum absolute atomic E-state index is 11.9. The third kappa shape index (κ3) is 6.07. The van der Waals surface area contributed by atoms with Gasteiger partial charge in [0.15, 0.2) is 0 Å². The van der Waals surface area contributed by atoms with E-state index in [1.165, 1.54) is 12.8 Å². The van der Waals surface area contributed by atoms with Gasteiger partial charge >= 0.3 is 0 Å². The molecular formula is C12H24N2O4S2. The van der Waals surface area contributed by atoms with Gasteiger partial charge in [-0.2, -0.15) is 0 Å². The third-order valence-corrected chi connectivity index (χ3v) is 6.99. The number of sulfonamides is 1. The second kappa shape index (κ2) is 6.72. The minimum Gasteiger partial charge on any atom is -0.314 e. The smallest absolute Gasteiger partial charge is 0.211 e. The number of unbranched alkanes of at least 4 members (excludes halogenated alkanes) is 1. The predicted octanol–water partition coefficient (Wildman–Crippen LogP) is 0.0152. The Balaban J connectivity index is 1.62. The summed E-state index contributed by atoms with van der Waals surface area (Å²) in [7, 11) is -6.22. The van der Waals surface area contributed by atoms with E-state index in [9.17, 15) is 16.8 Å².